The fourth-order valence-corrected chi connectivity index (χ4v) is 2.21. The number of carbonyl (C=O) groups is 3. The molecule has 0 saturated carbocycles. The van der Waals surface area contributed by atoms with Crippen LogP contribution in [0.25, 0.3) is 0 Å². The van der Waals surface area contributed by atoms with Gasteiger partial charge in [0.2, 0.25) is 0 Å². The van der Waals surface area contributed by atoms with Gasteiger partial charge in [-0.05, 0) is 31.0 Å². The summed E-state index contributed by atoms with van der Waals surface area (Å²) in [4.78, 5) is 36.9. The summed E-state index contributed by atoms with van der Waals surface area (Å²) in [5.41, 5.74) is 2.04. The third-order valence-electron chi connectivity index (χ3n) is 3.36. The Balaban J connectivity index is 2.27. The number of carbonyl (C=O) groups excluding carboxylic acids is 3. The summed E-state index contributed by atoms with van der Waals surface area (Å²) in [5, 5.41) is 0. The first-order chi connectivity index (χ1) is 9.99. The van der Waals surface area contributed by atoms with Gasteiger partial charge in [-0.1, -0.05) is 19.6 Å². The minimum Gasteiger partial charge on any atom is -0.463 e. The van der Waals surface area contributed by atoms with Gasteiger partial charge in [0, 0.05) is 5.57 Å². The lowest BCUT2D eigenvalue weighted by molar-refractivity contribution is -0.138. The number of Topliss-reactive ketones (excluding diaryl/α,β-unsaturated/α-hetero) is 1. The molecule has 0 radical (unpaired) electrons. The van der Waals surface area contributed by atoms with Crippen LogP contribution in [0.15, 0.2) is 30.4 Å². The zero-order valence-corrected chi connectivity index (χ0v) is 12.1. The number of amides is 1. The van der Waals surface area contributed by atoms with Gasteiger partial charge in [0.15, 0.2) is 0 Å². The van der Waals surface area contributed by atoms with E-state index in [2.05, 4.69) is 6.58 Å². The summed E-state index contributed by atoms with van der Waals surface area (Å²) in [5.74, 6) is -1.74. The monoisotopic (exact) mass is 287 g/mol. The molecule has 1 aliphatic heterocycles. The number of ketones is 1. The van der Waals surface area contributed by atoms with Gasteiger partial charge < -0.3 is 9.64 Å². The van der Waals surface area contributed by atoms with Gasteiger partial charge in [-0.3, -0.25) is 9.59 Å². The highest BCUT2D eigenvalue weighted by Gasteiger charge is 2.36. The number of anilines is 1. The number of aryl methyl sites for hydroxylation is 1. The average Bonchev–Trinajstić information content (AvgIpc) is 2.72. The summed E-state index contributed by atoms with van der Waals surface area (Å²) in [6.07, 6.45) is 0.782. The molecular formula is C16H17NO4. The standard InChI is InChI=1S/C16H17NO4/c1-4-11-6-7-13-12(8-11)14(18)15(19)17(13)9-10(3)16(20)21-5-2/h6-8H,3-5,9H2,1-2H3. The summed E-state index contributed by atoms with van der Waals surface area (Å²) >= 11 is 0. The molecule has 0 fully saturated rings. The number of hydrogen-bond donors (Lipinski definition) is 0. The topological polar surface area (TPSA) is 63.7 Å². The molecule has 0 atom stereocenters. The van der Waals surface area contributed by atoms with Crippen molar-refractivity contribution in [3.05, 3.63) is 41.5 Å². The average molecular weight is 287 g/mol. The SMILES string of the molecule is C=C(CN1C(=O)C(=O)c2cc(CC)ccc21)C(=O)OCC. The second kappa shape index (κ2) is 5.91. The number of ether oxygens (including phenoxy) is 1. The molecule has 1 amide bonds. The van der Waals surface area contributed by atoms with Gasteiger partial charge in [-0.2, -0.15) is 0 Å². The van der Waals surface area contributed by atoms with Crippen molar-refractivity contribution >= 4 is 23.3 Å². The molecule has 1 aromatic carbocycles. The van der Waals surface area contributed by atoms with Crippen LogP contribution in [0.2, 0.25) is 0 Å². The van der Waals surface area contributed by atoms with Crippen molar-refractivity contribution < 1.29 is 19.1 Å². The quantitative estimate of drug-likeness (QED) is 0.471. The predicted molar refractivity (Wildman–Crippen MR) is 78.3 cm³/mol. The van der Waals surface area contributed by atoms with Crippen LogP contribution in [0.5, 0.6) is 0 Å². The zero-order chi connectivity index (χ0) is 15.6. The lowest BCUT2D eigenvalue weighted by atomic mass is 10.1. The Hall–Kier alpha value is -2.43. The van der Waals surface area contributed by atoms with Crippen LogP contribution in [-0.4, -0.2) is 30.8 Å². The zero-order valence-electron chi connectivity index (χ0n) is 12.1. The maximum absolute atomic E-state index is 12.1. The molecule has 5 heteroatoms. The van der Waals surface area contributed by atoms with Gasteiger partial charge in [-0.15, -0.1) is 0 Å². The Morgan fingerprint density at radius 2 is 2.00 bits per heavy atom. The van der Waals surface area contributed by atoms with Gasteiger partial charge in [0.05, 0.1) is 24.4 Å². The van der Waals surface area contributed by atoms with Crippen LogP contribution in [0, 0.1) is 0 Å². The molecule has 0 aromatic heterocycles. The molecule has 0 N–H and O–H groups in total. The van der Waals surface area contributed by atoms with Crippen molar-refractivity contribution in [1.29, 1.82) is 0 Å². The third-order valence-corrected chi connectivity index (χ3v) is 3.36. The molecule has 0 bridgehead atoms. The van der Waals surface area contributed by atoms with Crippen molar-refractivity contribution in [2.75, 3.05) is 18.1 Å². The van der Waals surface area contributed by atoms with Crippen LogP contribution in [0.4, 0.5) is 5.69 Å². The first-order valence-electron chi connectivity index (χ1n) is 6.83. The van der Waals surface area contributed by atoms with E-state index in [1.54, 1.807) is 19.1 Å². The van der Waals surface area contributed by atoms with E-state index in [-0.39, 0.29) is 18.7 Å². The Morgan fingerprint density at radius 1 is 1.29 bits per heavy atom. The Bertz CT molecular complexity index is 633. The summed E-state index contributed by atoms with van der Waals surface area (Å²) in [6, 6.07) is 5.32. The third kappa shape index (κ3) is 2.72. The number of esters is 1. The van der Waals surface area contributed by atoms with Gasteiger partial charge >= 0.3 is 5.97 Å². The smallest absolute Gasteiger partial charge is 0.335 e. The molecule has 110 valence electrons. The van der Waals surface area contributed by atoms with Gasteiger partial charge in [0.25, 0.3) is 11.7 Å². The lowest BCUT2D eigenvalue weighted by Gasteiger charge is -2.17. The first-order valence-corrected chi connectivity index (χ1v) is 6.83. The van der Waals surface area contributed by atoms with Crippen LogP contribution in [0.3, 0.4) is 0 Å². The number of nitrogens with zero attached hydrogens (tertiary/aromatic N) is 1. The second-order valence-corrected chi connectivity index (χ2v) is 4.75. The lowest BCUT2D eigenvalue weighted by Crippen LogP contribution is -2.33. The van der Waals surface area contributed by atoms with Gasteiger partial charge in [-0.25, -0.2) is 4.79 Å². The molecule has 0 saturated heterocycles. The molecule has 5 nitrogen and oxygen atoms in total. The van der Waals surface area contributed by atoms with Crippen molar-refractivity contribution in [1.82, 2.24) is 0 Å². The highest BCUT2D eigenvalue weighted by atomic mass is 16.5. The van der Waals surface area contributed by atoms with Crippen molar-refractivity contribution in [2.24, 2.45) is 0 Å². The maximum atomic E-state index is 12.1. The van der Waals surface area contributed by atoms with E-state index in [0.29, 0.717) is 11.3 Å². The van der Waals surface area contributed by atoms with Crippen LogP contribution >= 0.6 is 0 Å². The van der Waals surface area contributed by atoms with E-state index in [1.807, 2.05) is 13.0 Å². The van der Waals surface area contributed by atoms with Crippen molar-refractivity contribution in [2.45, 2.75) is 20.3 Å². The molecule has 0 aliphatic carbocycles. The minimum absolute atomic E-state index is 0.0398. The molecule has 0 unspecified atom stereocenters. The molecule has 1 aliphatic rings. The largest absolute Gasteiger partial charge is 0.463 e. The van der Waals surface area contributed by atoms with Crippen molar-refractivity contribution in [3.63, 3.8) is 0 Å². The van der Waals surface area contributed by atoms with Gasteiger partial charge in [0.1, 0.15) is 0 Å². The van der Waals surface area contributed by atoms with Crippen LogP contribution in [0.1, 0.15) is 29.8 Å². The van der Waals surface area contributed by atoms with E-state index in [0.717, 1.165) is 12.0 Å². The first kappa shape index (κ1) is 15.0. The predicted octanol–water partition coefficient (Wildman–Crippen LogP) is 1.90. The normalized spacial score (nSPS) is 13.3. The Labute approximate surface area is 123 Å². The molecule has 21 heavy (non-hydrogen) atoms. The van der Waals surface area contributed by atoms with Crippen LogP contribution < -0.4 is 4.90 Å². The second-order valence-electron chi connectivity index (χ2n) is 4.75. The Kier molecular flexibility index (Phi) is 4.21. The summed E-state index contributed by atoms with van der Waals surface area (Å²) in [6.45, 7) is 7.49. The van der Waals surface area contributed by atoms with Crippen LogP contribution in [-0.2, 0) is 20.7 Å². The van der Waals surface area contributed by atoms with E-state index < -0.39 is 17.7 Å². The number of benzene rings is 1. The number of hydrogen-bond acceptors (Lipinski definition) is 4. The summed E-state index contributed by atoms with van der Waals surface area (Å²) in [7, 11) is 0. The van der Waals surface area contributed by atoms with E-state index in [4.69, 9.17) is 4.74 Å². The molecule has 1 heterocycles. The number of fused-ring (bicyclic) bond motifs is 1. The fraction of sp³-hybridized carbons (Fsp3) is 0.312. The molecule has 1 aromatic rings. The highest BCUT2D eigenvalue weighted by Crippen LogP contribution is 2.30. The van der Waals surface area contributed by atoms with E-state index in [1.165, 1.54) is 4.90 Å². The summed E-state index contributed by atoms with van der Waals surface area (Å²) < 4.78 is 4.84. The molecule has 0 spiro atoms. The number of rotatable bonds is 5. The van der Waals surface area contributed by atoms with Crippen molar-refractivity contribution in [3.8, 4) is 0 Å². The molecule has 2 rings (SSSR count). The maximum Gasteiger partial charge on any atom is 0.335 e. The fourth-order valence-electron chi connectivity index (χ4n) is 2.21. The van der Waals surface area contributed by atoms with E-state index in [9.17, 15) is 14.4 Å². The highest BCUT2D eigenvalue weighted by molar-refractivity contribution is 6.52. The van der Waals surface area contributed by atoms with E-state index >= 15 is 0 Å². The minimum atomic E-state index is -0.635. The molecular weight excluding hydrogens is 270 g/mol. The Morgan fingerprint density at radius 3 is 2.62 bits per heavy atom.